The molecule has 1 fully saturated rings. The number of carbonyl (C=O) groups is 2. The van der Waals surface area contributed by atoms with Crippen molar-refractivity contribution in [3.8, 4) is 17.0 Å². The van der Waals surface area contributed by atoms with Crippen LogP contribution in [0.25, 0.3) is 11.3 Å². The Morgan fingerprint density at radius 1 is 0.854 bits per heavy atom. The lowest BCUT2D eigenvalue weighted by atomic mass is 10.1. The number of aromatic nitrogens is 2. The van der Waals surface area contributed by atoms with E-state index in [0.717, 1.165) is 28.4 Å². The van der Waals surface area contributed by atoms with Crippen molar-refractivity contribution < 1.29 is 14.3 Å². The Morgan fingerprint density at radius 2 is 1.56 bits per heavy atom. The number of hydrogen-bond acceptors (Lipinski definition) is 6. The topological polar surface area (TPSA) is 78.9 Å². The molecule has 0 spiro atoms. The fraction of sp³-hybridized carbons (Fsp3) is 0.250. The number of carbonyl (C=O) groups excluding carboxylic acids is 2. The molecule has 9 heteroatoms. The number of nitrogens with zero attached hydrogens (tertiary/aromatic N) is 5. The Kier molecular flexibility index (Phi) is 9.11. The highest BCUT2D eigenvalue weighted by Crippen LogP contribution is 2.22. The number of halogens is 1. The molecule has 8 nitrogen and oxygen atoms in total. The van der Waals surface area contributed by atoms with Gasteiger partial charge in [0.2, 0.25) is 5.91 Å². The van der Waals surface area contributed by atoms with Gasteiger partial charge in [0.05, 0.1) is 23.4 Å². The molecule has 0 bridgehead atoms. The SMILES string of the molecule is COc1ccc(-c2ccc(N3CCN(C(=O)CN(CCc4ccccc4)C(=O)c4ccccc4Cl)CC3)nn2)cc1. The second kappa shape index (κ2) is 13.3. The van der Waals surface area contributed by atoms with Crippen molar-refractivity contribution in [1.82, 2.24) is 20.0 Å². The van der Waals surface area contributed by atoms with Crippen LogP contribution in [0.4, 0.5) is 5.82 Å². The summed E-state index contributed by atoms with van der Waals surface area (Å²) in [5.74, 6) is 1.23. The van der Waals surface area contributed by atoms with Crippen molar-refractivity contribution in [2.24, 2.45) is 0 Å². The minimum atomic E-state index is -0.245. The predicted octanol–water partition coefficient (Wildman–Crippen LogP) is 4.84. The van der Waals surface area contributed by atoms with Gasteiger partial charge in [-0.15, -0.1) is 10.2 Å². The molecular weight excluding hydrogens is 538 g/mol. The normalized spacial score (nSPS) is 13.1. The number of hydrogen-bond donors (Lipinski definition) is 0. The van der Waals surface area contributed by atoms with Crippen LogP contribution >= 0.6 is 11.6 Å². The highest BCUT2D eigenvalue weighted by atomic mass is 35.5. The highest BCUT2D eigenvalue weighted by molar-refractivity contribution is 6.33. The van der Waals surface area contributed by atoms with Crippen LogP contribution < -0.4 is 9.64 Å². The molecule has 0 aliphatic carbocycles. The molecule has 5 rings (SSSR count). The second-order valence-electron chi connectivity index (χ2n) is 9.82. The summed E-state index contributed by atoms with van der Waals surface area (Å²) in [5, 5.41) is 9.22. The van der Waals surface area contributed by atoms with Crippen LogP contribution in [0.5, 0.6) is 5.75 Å². The van der Waals surface area contributed by atoms with Gasteiger partial charge in [-0.3, -0.25) is 9.59 Å². The molecule has 1 aliphatic heterocycles. The lowest BCUT2D eigenvalue weighted by molar-refractivity contribution is -0.132. The van der Waals surface area contributed by atoms with E-state index in [2.05, 4.69) is 15.1 Å². The predicted molar refractivity (Wildman–Crippen MR) is 160 cm³/mol. The number of piperazine rings is 1. The van der Waals surface area contributed by atoms with Gasteiger partial charge in [-0.1, -0.05) is 54.1 Å². The van der Waals surface area contributed by atoms with Crippen LogP contribution in [0.1, 0.15) is 15.9 Å². The number of methoxy groups -OCH3 is 1. The monoisotopic (exact) mass is 569 g/mol. The number of rotatable bonds is 9. The van der Waals surface area contributed by atoms with Crippen molar-refractivity contribution in [1.29, 1.82) is 0 Å². The average molecular weight is 570 g/mol. The van der Waals surface area contributed by atoms with E-state index in [4.69, 9.17) is 16.3 Å². The van der Waals surface area contributed by atoms with Crippen LogP contribution in [0, 0.1) is 0 Å². The highest BCUT2D eigenvalue weighted by Gasteiger charge is 2.26. The molecule has 1 aliphatic rings. The Labute approximate surface area is 245 Å². The lowest BCUT2D eigenvalue weighted by Crippen LogP contribution is -2.52. The third-order valence-corrected chi connectivity index (χ3v) is 7.55. The molecule has 4 aromatic rings. The van der Waals surface area contributed by atoms with E-state index in [1.807, 2.05) is 71.6 Å². The van der Waals surface area contributed by atoms with Crippen LogP contribution in [0.2, 0.25) is 5.02 Å². The van der Waals surface area contributed by atoms with E-state index in [0.29, 0.717) is 49.7 Å². The van der Waals surface area contributed by atoms with Crippen LogP contribution in [-0.4, -0.2) is 78.2 Å². The smallest absolute Gasteiger partial charge is 0.255 e. The Hall–Kier alpha value is -4.43. The largest absolute Gasteiger partial charge is 0.497 e. The molecule has 2 heterocycles. The summed E-state index contributed by atoms with van der Waals surface area (Å²) >= 11 is 6.33. The number of anilines is 1. The molecule has 2 amide bonds. The van der Waals surface area contributed by atoms with Crippen molar-refractivity contribution in [2.75, 3.05) is 51.3 Å². The summed E-state index contributed by atoms with van der Waals surface area (Å²) in [6, 6.07) is 28.5. The molecule has 1 saturated heterocycles. The summed E-state index contributed by atoms with van der Waals surface area (Å²) in [4.78, 5) is 32.4. The van der Waals surface area contributed by atoms with E-state index in [1.54, 1.807) is 36.3 Å². The molecule has 41 heavy (non-hydrogen) atoms. The van der Waals surface area contributed by atoms with Gasteiger partial charge >= 0.3 is 0 Å². The van der Waals surface area contributed by atoms with Crippen molar-refractivity contribution >= 4 is 29.2 Å². The Bertz CT molecular complexity index is 1460. The van der Waals surface area contributed by atoms with E-state index >= 15 is 0 Å². The minimum absolute atomic E-state index is 0.00669. The Morgan fingerprint density at radius 3 is 2.22 bits per heavy atom. The molecule has 3 aromatic carbocycles. The van der Waals surface area contributed by atoms with E-state index < -0.39 is 0 Å². The fourth-order valence-electron chi connectivity index (χ4n) is 4.82. The lowest BCUT2D eigenvalue weighted by Gasteiger charge is -2.36. The zero-order chi connectivity index (χ0) is 28.6. The quantitative estimate of drug-likeness (QED) is 0.287. The van der Waals surface area contributed by atoms with E-state index in [-0.39, 0.29) is 18.4 Å². The summed E-state index contributed by atoms with van der Waals surface area (Å²) in [6.45, 7) is 2.74. The maximum absolute atomic E-state index is 13.4. The van der Waals surface area contributed by atoms with Gasteiger partial charge in [-0.05, 0) is 60.5 Å². The van der Waals surface area contributed by atoms with Gasteiger partial charge in [-0.2, -0.15) is 0 Å². The summed E-state index contributed by atoms with van der Waals surface area (Å²) < 4.78 is 5.22. The first kappa shape index (κ1) is 28.1. The van der Waals surface area contributed by atoms with Crippen molar-refractivity contribution in [3.63, 3.8) is 0 Å². The first-order valence-electron chi connectivity index (χ1n) is 13.6. The third kappa shape index (κ3) is 7.02. The number of benzene rings is 3. The molecule has 0 radical (unpaired) electrons. The molecule has 0 N–H and O–H groups in total. The molecular formula is C32H32ClN5O3. The maximum atomic E-state index is 13.4. The second-order valence-corrected chi connectivity index (χ2v) is 10.2. The summed E-state index contributed by atoms with van der Waals surface area (Å²) in [5.41, 5.74) is 3.24. The van der Waals surface area contributed by atoms with Gasteiger partial charge in [0.25, 0.3) is 5.91 Å². The first-order valence-corrected chi connectivity index (χ1v) is 14.0. The zero-order valence-corrected chi connectivity index (χ0v) is 23.7. The first-order chi connectivity index (χ1) is 20.0. The average Bonchev–Trinajstić information content (AvgIpc) is 3.03. The van der Waals surface area contributed by atoms with Gasteiger partial charge in [0, 0.05) is 38.3 Å². The van der Waals surface area contributed by atoms with E-state index in [1.165, 1.54) is 0 Å². The van der Waals surface area contributed by atoms with Gasteiger partial charge in [0.15, 0.2) is 5.82 Å². The number of ether oxygens (including phenoxy) is 1. The third-order valence-electron chi connectivity index (χ3n) is 7.22. The molecule has 210 valence electrons. The van der Waals surface area contributed by atoms with Crippen LogP contribution in [-0.2, 0) is 11.2 Å². The van der Waals surface area contributed by atoms with Gasteiger partial charge < -0.3 is 19.4 Å². The van der Waals surface area contributed by atoms with Gasteiger partial charge in [0.1, 0.15) is 12.3 Å². The fourth-order valence-corrected chi connectivity index (χ4v) is 5.04. The molecule has 0 saturated carbocycles. The van der Waals surface area contributed by atoms with E-state index in [9.17, 15) is 9.59 Å². The molecule has 1 aromatic heterocycles. The minimum Gasteiger partial charge on any atom is -0.497 e. The standard InChI is InChI=1S/C32H32ClN5O3/c1-41-26-13-11-25(12-14-26)29-15-16-30(35-34-29)36-19-21-37(22-20-36)31(39)23-38(18-17-24-7-3-2-4-8-24)32(40)27-9-5-6-10-28(27)33/h2-16H,17-23H2,1H3. The maximum Gasteiger partial charge on any atom is 0.255 e. The van der Waals surface area contributed by atoms with Crippen LogP contribution in [0.15, 0.2) is 91.0 Å². The summed E-state index contributed by atoms with van der Waals surface area (Å²) in [6.07, 6.45) is 0.642. The molecule has 0 unspecified atom stereocenters. The molecule has 0 atom stereocenters. The van der Waals surface area contributed by atoms with Crippen LogP contribution in [0.3, 0.4) is 0 Å². The zero-order valence-electron chi connectivity index (χ0n) is 22.9. The van der Waals surface area contributed by atoms with Crippen molar-refractivity contribution in [2.45, 2.75) is 6.42 Å². The summed E-state index contributed by atoms with van der Waals surface area (Å²) in [7, 11) is 1.64. The Balaban J connectivity index is 1.20. The van der Waals surface area contributed by atoms with Crippen molar-refractivity contribution in [3.05, 3.63) is 107 Å². The van der Waals surface area contributed by atoms with Gasteiger partial charge in [-0.25, -0.2) is 0 Å². The number of amides is 2.